The van der Waals surface area contributed by atoms with E-state index in [-0.39, 0.29) is 0 Å². The molecular formula is C28H29N. The third-order valence-electron chi connectivity index (χ3n) is 6.48. The molecule has 2 aliphatic carbocycles. The molecule has 3 aromatic rings. The van der Waals surface area contributed by atoms with Crippen molar-refractivity contribution in [2.24, 2.45) is 0 Å². The molecule has 2 aliphatic rings. The molecule has 0 saturated heterocycles. The second-order valence-corrected chi connectivity index (χ2v) is 8.34. The lowest BCUT2D eigenvalue weighted by Crippen LogP contribution is -2.11. The first-order chi connectivity index (χ1) is 14.3. The molecule has 0 fully saturated rings. The molecule has 0 atom stereocenters. The Kier molecular flexibility index (Phi) is 5.08. The summed E-state index contributed by atoms with van der Waals surface area (Å²) in [5.41, 5.74) is 10.4. The summed E-state index contributed by atoms with van der Waals surface area (Å²) in [4.78, 5) is 0. The number of hydrogen-bond donors (Lipinski definition) is 1. The lowest BCUT2D eigenvalue weighted by atomic mass is 9.78. The van der Waals surface area contributed by atoms with Gasteiger partial charge in [-0.15, -0.1) is 0 Å². The van der Waals surface area contributed by atoms with Gasteiger partial charge < -0.3 is 5.32 Å². The van der Waals surface area contributed by atoms with Crippen LogP contribution in [-0.4, -0.2) is 6.54 Å². The summed E-state index contributed by atoms with van der Waals surface area (Å²) < 4.78 is 0. The van der Waals surface area contributed by atoms with Crippen LogP contribution in [0, 0.1) is 0 Å². The monoisotopic (exact) mass is 379 g/mol. The van der Waals surface area contributed by atoms with Gasteiger partial charge in [-0.3, -0.25) is 0 Å². The molecule has 0 saturated carbocycles. The summed E-state index contributed by atoms with van der Waals surface area (Å²) in [5, 5.41) is 6.28. The highest BCUT2D eigenvalue weighted by Crippen LogP contribution is 2.41. The topological polar surface area (TPSA) is 12.0 Å². The van der Waals surface area contributed by atoms with Gasteiger partial charge in [0.15, 0.2) is 0 Å². The number of benzene rings is 3. The largest absolute Gasteiger partial charge is 0.313 e. The predicted molar refractivity (Wildman–Crippen MR) is 124 cm³/mol. The van der Waals surface area contributed by atoms with E-state index in [1.54, 1.807) is 11.1 Å². The molecule has 0 unspecified atom stereocenters. The Morgan fingerprint density at radius 2 is 1.72 bits per heavy atom. The van der Waals surface area contributed by atoms with Crippen LogP contribution < -0.4 is 5.32 Å². The molecular weight excluding hydrogens is 350 g/mol. The van der Waals surface area contributed by atoms with Gasteiger partial charge in [0.1, 0.15) is 0 Å². The van der Waals surface area contributed by atoms with Crippen molar-refractivity contribution in [3.05, 3.63) is 100 Å². The average molecular weight is 380 g/mol. The van der Waals surface area contributed by atoms with Gasteiger partial charge in [-0.1, -0.05) is 79.2 Å². The van der Waals surface area contributed by atoms with E-state index in [2.05, 4.69) is 79.0 Å². The normalized spacial score (nSPS) is 15.5. The van der Waals surface area contributed by atoms with E-state index in [1.165, 1.54) is 64.3 Å². The number of rotatable bonds is 5. The average Bonchev–Trinajstić information content (AvgIpc) is 2.78. The molecule has 0 aromatic heterocycles. The zero-order valence-corrected chi connectivity index (χ0v) is 17.3. The van der Waals surface area contributed by atoms with Crippen molar-refractivity contribution in [1.29, 1.82) is 0 Å². The number of fused-ring (bicyclic) bond motifs is 4. The Bertz CT molecular complexity index is 1100. The third-order valence-corrected chi connectivity index (χ3v) is 6.48. The van der Waals surface area contributed by atoms with Gasteiger partial charge in [-0.2, -0.15) is 0 Å². The van der Waals surface area contributed by atoms with Crippen molar-refractivity contribution in [3.63, 3.8) is 0 Å². The van der Waals surface area contributed by atoms with Gasteiger partial charge in [0.05, 0.1) is 0 Å². The smallest absolute Gasteiger partial charge is 0.0205 e. The fourth-order valence-electron chi connectivity index (χ4n) is 4.99. The summed E-state index contributed by atoms with van der Waals surface area (Å²) in [6.07, 6.45) is 10.6. The number of allylic oxidation sites excluding steroid dienone is 4. The van der Waals surface area contributed by atoms with Gasteiger partial charge in [0.25, 0.3) is 0 Å². The SMILES string of the molecule is CCNCc1ccc(Cc2cccc3ccc4c(c23)CCC2=C4C=CCC2)cc1. The fraction of sp³-hybridized carbons (Fsp3) is 0.286. The van der Waals surface area contributed by atoms with Crippen molar-refractivity contribution in [1.82, 2.24) is 5.32 Å². The Morgan fingerprint density at radius 1 is 0.862 bits per heavy atom. The van der Waals surface area contributed by atoms with Crippen LogP contribution in [0.25, 0.3) is 16.3 Å². The minimum absolute atomic E-state index is 0.948. The van der Waals surface area contributed by atoms with Crippen molar-refractivity contribution < 1.29 is 0 Å². The van der Waals surface area contributed by atoms with Crippen molar-refractivity contribution in [2.45, 2.75) is 45.6 Å². The lowest BCUT2D eigenvalue weighted by molar-refractivity contribution is 0.726. The standard InChI is InChI=1S/C28H29N/c1-2-29-19-21-12-10-20(11-13-21)18-24-8-5-7-23-15-16-26-25-9-4-3-6-22(25)14-17-27(26)28(23)24/h4-5,7-13,15-16,29H,2-3,6,14,17-19H2,1H3. The maximum absolute atomic E-state index is 3.40. The molecule has 5 rings (SSSR count). The quantitative estimate of drug-likeness (QED) is 0.527. The second kappa shape index (κ2) is 8.00. The first-order valence-electron chi connectivity index (χ1n) is 11.0. The van der Waals surface area contributed by atoms with E-state index in [0.717, 1.165) is 19.5 Å². The molecule has 1 N–H and O–H groups in total. The minimum Gasteiger partial charge on any atom is -0.313 e. The van der Waals surface area contributed by atoms with Gasteiger partial charge in [0.2, 0.25) is 0 Å². The molecule has 0 heterocycles. The van der Waals surface area contributed by atoms with Crippen LogP contribution in [0.3, 0.4) is 0 Å². The minimum atomic E-state index is 0.948. The molecule has 0 aliphatic heterocycles. The summed E-state index contributed by atoms with van der Waals surface area (Å²) in [6.45, 7) is 4.11. The molecule has 0 radical (unpaired) electrons. The van der Waals surface area contributed by atoms with E-state index in [9.17, 15) is 0 Å². The molecule has 1 heteroatoms. The summed E-state index contributed by atoms with van der Waals surface area (Å²) >= 11 is 0. The molecule has 146 valence electrons. The highest BCUT2D eigenvalue weighted by molar-refractivity contribution is 5.96. The van der Waals surface area contributed by atoms with Crippen molar-refractivity contribution >= 4 is 16.3 Å². The molecule has 0 spiro atoms. The van der Waals surface area contributed by atoms with E-state index in [0.29, 0.717) is 0 Å². The Morgan fingerprint density at radius 3 is 2.59 bits per heavy atom. The zero-order valence-electron chi connectivity index (χ0n) is 17.3. The van der Waals surface area contributed by atoms with Crippen molar-refractivity contribution in [3.8, 4) is 0 Å². The van der Waals surface area contributed by atoms with E-state index < -0.39 is 0 Å². The number of nitrogens with one attached hydrogen (secondary N) is 1. The highest BCUT2D eigenvalue weighted by atomic mass is 14.8. The predicted octanol–water partition coefficient (Wildman–Crippen LogP) is 6.59. The van der Waals surface area contributed by atoms with Crippen LogP contribution in [0.5, 0.6) is 0 Å². The Hall–Kier alpha value is -2.64. The van der Waals surface area contributed by atoms with E-state index in [4.69, 9.17) is 0 Å². The van der Waals surface area contributed by atoms with E-state index in [1.807, 2.05) is 0 Å². The van der Waals surface area contributed by atoms with Crippen LogP contribution in [0.2, 0.25) is 0 Å². The molecule has 1 nitrogen and oxygen atoms in total. The van der Waals surface area contributed by atoms with Crippen LogP contribution in [0.4, 0.5) is 0 Å². The lowest BCUT2D eigenvalue weighted by Gasteiger charge is -2.26. The maximum Gasteiger partial charge on any atom is 0.0205 e. The van der Waals surface area contributed by atoms with Crippen LogP contribution in [0.15, 0.2) is 72.3 Å². The third kappa shape index (κ3) is 3.56. The summed E-state index contributed by atoms with van der Waals surface area (Å²) in [5.74, 6) is 0. The molecule has 3 aromatic carbocycles. The van der Waals surface area contributed by atoms with Crippen LogP contribution in [0.1, 0.15) is 54.0 Å². The highest BCUT2D eigenvalue weighted by Gasteiger charge is 2.21. The first kappa shape index (κ1) is 18.4. The molecule has 0 bridgehead atoms. The number of aryl methyl sites for hydroxylation is 1. The number of hydrogen-bond acceptors (Lipinski definition) is 1. The maximum atomic E-state index is 3.40. The Labute approximate surface area is 174 Å². The molecule has 29 heavy (non-hydrogen) atoms. The van der Waals surface area contributed by atoms with Gasteiger partial charge in [-0.25, -0.2) is 0 Å². The first-order valence-corrected chi connectivity index (χ1v) is 11.0. The summed E-state index contributed by atoms with van der Waals surface area (Å²) in [7, 11) is 0. The fourth-order valence-corrected chi connectivity index (χ4v) is 4.99. The van der Waals surface area contributed by atoms with Crippen LogP contribution >= 0.6 is 0 Å². The van der Waals surface area contributed by atoms with Gasteiger partial charge in [0, 0.05) is 6.54 Å². The van der Waals surface area contributed by atoms with Crippen molar-refractivity contribution in [2.75, 3.05) is 6.54 Å². The van der Waals surface area contributed by atoms with Crippen LogP contribution in [-0.2, 0) is 19.4 Å². The van der Waals surface area contributed by atoms with E-state index >= 15 is 0 Å². The Balaban J connectivity index is 1.53. The van der Waals surface area contributed by atoms with Gasteiger partial charge >= 0.3 is 0 Å². The zero-order chi connectivity index (χ0) is 19.6. The second-order valence-electron chi connectivity index (χ2n) is 8.34. The summed E-state index contributed by atoms with van der Waals surface area (Å²) in [6, 6.07) is 20.6. The molecule has 0 amide bonds. The van der Waals surface area contributed by atoms with Gasteiger partial charge in [-0.05, 0) is 82.8 Å².